The van der Waals surface area contributed by atoms with E-state index in [1.807, 2.05) is 0 Å². The van der Waals surface area contributed by atoms with Crippen LogP contribution < -0.4 is 5.32 Å². The Morgan fingerprint density at radius 3 is 2.39 bits per heavy atom. The van der Waals surface area contributed by atoms with Gasteiger partial charge in [0.15, 0.2) is 8.32 Å². The molecule has 0 aliphatic carbocycles. The van der Waals surface area contributed by atoms with Crippen LogP contribution in [0.5, 0.6) is 0 Å². The first-order chi connectivity index (χ1) is 10.7. The van der Waals surface area contributed by atoms with Gasteiger partial charge in [0.05, 0.1) is 0 Å². The van der Waals surface area contributed by atoms with E-state index < -0.39 is 8.32 Å². The zero-order valence-corrected chi connectivity index (χ0v) is 17.5. The molecule has 3 atom stereocenters. The second kappa shape index (κ2) is 9.55. The first-order valence-electron chi connectivity index (χ1n) is 9.68. The Morgan fingerprint density at radius 1 is 1.09 bits per heavy atom. The van der Waals surface area contributed by atoms with E-state index in [9.17, 15) is 0 Å². The number of rotatable bonds is 9. The van der Waals surface area contributed by atoms with Crippen molar-refractivity contribution < 1.29 is 9.53 Å². The molecule has 0 aromatic rings. The molecule has 1 aliphatic rings. The van der Waals surface area contributed by atoms with Gasteiger partial charge in [0.25, 0.3) is 0 Å². The largest absolute Gasteiger partial charge is 0.417 e. The van der Waals surface area contributed by atoms with Gasteiger partial charge in [-0.2, -0.15) is 0 Å². The van der Waals surface area contributed by atoms with Gasteiger partial charge in [0.2, 0.25) is 0 Å². The Morgan fingerprint density at radius 2 is 1.78 bits per heavy atom. The minimum atomic E-state index is -1.57. The van der Waals surface area contributed by atoms with Crippen LogP contribution in [0, 0.1) is 5.92 Å². The van der Waals surface area contributed by atoms with Crippen LogP contribution in [-0.2, 0) is 4.43 Å². The zero-order chi connectivity index (χ0) is 17.5. The zero-order valence-electron chi connectivity index (χ0n) is 16.5. The number of unbranched alkanes of at least 4 members (excludes halogenated alkanes) is 1. The minimum absolute atomic E-state index is 0.313. The van der Waals surface area contributed by atoms with E-state index >= 15 is 0 Å². The highest BCUT2D eigenvalue weighted by Crippen LogP contribution is 2.36. The summed E-state index contributed by atoms with van der Waals surface area (Å²) in [7, 11) is -1.57. The summed E-state index contributed by atoms with van der Waals surface area (Å²) in [4.78, 5) is 0. The molecule has 4 heteroatoms. The lowest BCUT2D eigenvalue weighted by atomic mass is 9.85. The van der Waals surface area contributed by atoms with Gasteiger partial charge in [-0.15, -0.1) is 0 Å². The van der Waals surface area contributed by atoms with Crippen LogP contribution in [0.15, 0.2) is 0 Å². The van der Waals surface area contributed by atoms with Gasteiger partial charge in [0.1, 0.15) is 0 Å². The molecule has 1 heterocycles. The number of hydrogen-bond donors (Lipinski definition) is 2. The van der Waals surface area contributed by atoms with Crippen LogP contribution >= 0.6 is 0 Å². The topological polar surface area (TPSA) is 41.5 Å². The number of hydrogen-bond acceptors (Lipinski definition) is 3. The molecule has 138 valence electrons. The molecule has 0 radical (unpaired) electrons. The average Bonchev–Trinajstić information content (AvgIpc) is 2.45. The van der Waals surface area contributed by atoms with Gasteiger partial charge in [0, 0.05) is 25.3 Å². The Hall–Kier alpha value is 0.0969. The maximum Gasteiger partial charge on any atom is 0.191 e. The monoisotopic (exact) mass is 343 g/mol. The molecule has 0 saturated carbocycles. The van der Waals surface area contributed by atoms with Gasteiger partial charge in [-0.3, -0.25) is 0 Å². The summed E-state index contributed by atoms with van der Waals surface area (Å²) >= 11 is 0. The van der Waals surface area contributed by atoms with E-state index in [2.05, 4.69) is 46.1 Å². The quantitative estimate of drug-likeness (QED) is 0.470. The van der Waals surface area contributed by atoms with E-state index in [1.54, 1.807) is 0 Å². The third-order valence-corrected chi connectivity index (χ3v) is 10.5. The van der Waals surface area contributed by atoms with Crippen LogP contribution in [0.3, 0.4) is 0 Å². The molecule has 1 saturated heterocycles. The van der Waals surface area contributed by atoms with E-state index in [-0.39, 0.29) is 0 Å². The lowest BCUT2D eigenvalue weighted by molar-refractivity contribution is 0.201. The summed E-state index contributed by atoms with van der Waals surface area (Å²) in [6, 6.07) is 1.27. The normalized spacial score (nSPS) is 26.5. The van der Waals surface area contributed by atoms with Crippen molar-refractivity contribution >= 4 is 8.32 Å². The maximum atomic E-state index is 9.03. The van der Waals surface area contributed by atoms with E-state index in [0.29, 0.717) is 23.7 Å². The molecule has 1 aliphatic heterocycles. The first kappa shape index (κ1) is 21.1. The Kier molecular flexibility index (Phi) is 8.77. The SMILES string of the molecule is C[C@@H]1CC[C@@H](CCCCO[Si](C)(C)C(C)(C)C)N[C@H]1CCCO. The van der Waals surface area contributed by atoms with Crippen molar-refractivity contribution in [3.05, 3.63) is 0 Å². The molecule has 0 amide bonds. The predicted octanol–water partition coefficient (Wildman–Crippen LogP) is 4.71. The third kappa shape index (κ3) is 7.25. The van der Waals surface area contributed by atoms with Gasteiger partial charge < -0.3 is 14.8 Å². The van der Waals surface area contributed by atoms with Crippen molar-refractivity contribution in [3.63, 3.8) is 0 Å². The van der Waals surface area contributed by atoms with Crippen LogP contribution in [0.2, 0.25) is 18.1 Å². The highest BCUT2D eigenvalue weighted by Gasteiger charge is 2.36. The molecule has 23 heavy (non-hydrogen) atoms. The van der Waals surface area contributed by atoms with Crippen LogP contribution in [0.1, 0.15) is 72.6 Å². The third-order valence-electron chi connectivity index (χ3n) is 6.00. The summed E-state index contributed by atoms with van der Waals surface area (Å²) < 4.78 is 6.27. The van der Waals surface area contributed by atoms with Gasteiger partial charge >= 0.3 is 0 Å². The Labute approximate surface area is 145 Å². The molecule has 3 nitrogen and oxygen atoms in total. The van der Waals surface area contributed by atoms with Crippen LogP contribution in [0.25, 0.3) is 0 Å². The lowest BCUT2D eigenvalue weighted by Crippen LogP contribution is -2.46. The summed E-state index contributed by atoms with van der Waals surface area (Å²) in [6.45, 7) is 15.2. The van der Waals surface area contributed by atoms with Crippen molar-refractivity contribution in [1.82, 2.24) is 5.32 Å². The van der Waals surface area contributed by atoms with Crippen molar-refractivity contribution in [3.8, 4) is 0 Å². The van der Waals surface area contributed by atoms with Crippen molar-refractivity contribution in [1.29, 1.82) is 0 Å². The second-order valence-electron chi connectivity index (χ2n) is 9.00. The predicted molar refractivity (Wildman–Crippen MR) is 102 cm³/mol. The average molecular weight is 344 g/mol. The minimum Gasteiger partial charge on any atom is -0.417 e. The number of aliphatic hydroxyl groups excluding tert-OH is 1. The molecule has 0 aromatic heterocycles. The van der Waals surface area contributed by atoms with E-state index in [1.165, 1.54) is 32.1 Å². The molecule has 1 fully saturated rings. The molecule has 0 bridgehead atoms. The molecule has 1 rings (SSSR count). The summed E-state index contributed by atoms with van der Waals surface area (Å²) in [5.41, 5.74) is 0. The fourth-order valence-electron chi connectivity index (χ4n) is 3.16. The van der Waals surface area contributed by atoms with Crippen molar-refractivity contribution in [2.75, 3.05) is 13.2 Å². The molecule has 2 N–H and O–H groups in total. The number of nitrogens with one attached hydrogen (secondary N) is 1. The number of piperidine rings is 1. The highest BCUT2D eigenvalue weighted by atomic mass is 28.4. The molecular weight excluding hydrogens is 302 g/mol. The molecule has 0 unspecified atom stereocenters. The molecule has 0 spiro atoms. The maximum absolute atomic E-state index is 9.03. The summed E-state index contributed by atoms with van der Waals surface area (Å²) in [5, 5.41) is 13.2. The van der Waals surface area contributed by atoms with Gasteiger partial charge in [-0.1, -0.05) is 27.7 Å². The number of aliphatic hydroxyl groups is 1. The lowest BCUT2D eigenvalue weighted by Gasteiger charge is -2.37. The summed E-state index contributed by atoms with van der Waals surface area (Å²) in [6.07, 6.45) is 8.38. The van der Waals surface area contributed by atoms with Crippen molar-refractivity contribution in [2.45, 2.75) is 103 Å². The standard InChI is InChI=1S/C19H41NO2Si/c1-16-12-13-17(20-18(16)11-9-14-21)10-7-8-15-22-23(5,6)19(2,3)4/h16-18,20-21H,7-15H2,1-6H3/t16-,17-,18+/m1/s1. The molecule has 0 aromatic carbocycles. The van der Waals surface area contributed by atoms with Crippen molar-refractivity contribution in [2.24, 2.45) is 5.92 Å². The van der Waals surface area contributed by atoms with Crippen LogP contribution in [-0.4, -0.2) is 38.7 Å². The fraction of sp³-hybridized carbons (Fsp3) is 1.00. The first-order valence-corrected chi connectivity index (χ1v) is 12.6. The summed E-state index contributed by atoms with van der Waals surface area (Å²) in [5.74, 6) is 0.750. The van der Waals surface area contributed by atoms with E-state index in [0.717, 1.165) is 25.4 Å². The Balaban J connectivity index is 2.21. The highest BCUT2D eigenvalue weighted by molar-refractivity contribution is 6.74. The smallest absolute Gasteiger partial charge is 0.191 e. The van der Waals surface area contributed by atoms with Gasteiger partial charge in [-0.25, -0.2) is 0 Å². The van der Waals surface area contributed by atoms with E-state index in [4.69, 9.17) is 9.53 Å². The second-order valence-corrected chi connectivity index (χ2v) is 13.8. The fourth-order valence-corrected chi connectivity index (χ4v) is 4.25. The molecular formula is C19H41NO2Si. The van der Waals surface area contributed by atoms with Crippen LogP contribution in [0.4, 0.5) is 0 Å². The van der Waals surface area contributed by atoms with Gasteiger partial charge in [-0.05, 0) is 69.0 Å². The Bertz CT molecular complexity index is 328.